The number of carboxylic acids is 2. The molecule has 10 heteroatoms. The van der Waals surface area contributed by atoms with Crippen LogP contribution in [0.4, 0.5) is 0 Å². The van der Waals surface area contributed by atoms with E-state index in [0.717, 1.165) is 0 Å². The summed E-state index contributed by atoms with van der Waals surface area (Å²) in [5, 5.41) is 19.1. The van der Waals surface area contributed by atoms with Gasteiger partial charge in [-0.25, -0.2) is 0 Å². The van der Waals surface area contributed by atoms with Gasteiger partial charge in [0.25, 0.3) is 0 Å². The molecule has 0 fully saturated rings. The lowest BCUT2D eigenvalue weighted by Crippen LogP contribution is -2.34. The van der Waals surface area contributed by atoms with Crippen LogP contribution in [-0.2, 0) is 20.0 Å². The van der Waals surface area contributed by atoms with Gasteiger partial charge in [-0.2, -0.15) is 8.42 Å². The third kappa shape index (κ3) is 18.5. The lowest BCUT2D eigenvalue weighted by molar-refractivity contribution is -0.140. The van der Waals surface area contributed by atoms with Crippen molar-refractivity contribution in [3.63, 3.8) is 0 Å². The Labute approximate surface area is 91.7 Å². The molecule has 1 unspecified atom stereocenters. The van der Waals surface area contributed by atoms with Crippen LogP contribution in [0.1, 0.15) is 12.8 Å². The fourth-order valence-corrected chi connectivity index (χ4v) is 0.659. The standard InChI is InChI=1S/C6H11NO4.H2O4S/c1-7-4(6(10)11)2-3-5(8)9;1-5(2,3)4/h4,7H,2-3H2,1H3,(H,8,9)(H,10,11);(H2,1,2,3,4). The van der Waals surface area contributed by atoms with E-state index in [-0.39, 0.29) is 12.8 Å². The van der Waals surface area contributed by atoms with E-state index in [2.05, 4.69) is 5.32 Å². The Morgan fingerprint density at radius 3 is 1.81 bits per heavy atom. The van der Waals surface area contributed by atoms with Gasteiger partial charge >= 0.3 is 22.3 Å². The van der Waals surface area contributed by atoms with Gasteiger partial charge in [0.2, 0.25) is 0 Å². The molecule has 0 aliphatic carbocycles. The Morgan fingerprint density at radius 2 is 1.62 bits per heavy atom. The van der Waals surface area contributed by atoms with Gasteiger partial charge in [-0.3, -0.25) is 18.7 Å². The Morgan fingerprint density at radius 1 is 1.25 bits per heavy atom. The second-order valence-electron chi connectivity index (χ2n) is 2.56. The molecule has 16 heavy (non-hydrogen) atoms. The lowest BCUT2D eigenvalue weighted by atomic mass is 10.1. The normalized spacial score (nSPS) is 12.2. The summed E-state index contributed by atoms with van der Waals surface area (Å²) < 4.78 is 31.6. The number of carboxylic acid groups (broad SMARTS) is 2. The zero-order valence-electron chi connectivity index (χ0n) is 8.32. The van der Waals surface area contributed by atoms with Crippen LogP contribution in [0.25, 0.3) is 0 Å². The van der Waals surface area contributed by atoms with Crippen LogP contribution in [0.15, 0.2) is 0 Å². The molecule has 0 aromatic heterocycles. The first-order valence-corrected chi connectivity index (χ1v) is 5.29. The lowest BCUT2D eigenvalue weighted by Gasteiger charge is -2.07. The Kier molecular flexibility index (Phi) is 8.57. The summed E-state index contributed by atoms with van der Waals surface area (Å²) in [6.07, 6.45) is -0.0149. The SMILES string of the molecule is CNC(CCC(=O)O)C(=O)O.O=S(=O)(O)O. The van der Waals surface area contributed by atoms with E-state index in [1.54, 1.807) is 0 Å². The Bertz CT molecular complexity index is 315. The van der Waals surface area contributed by atoms with Crippen LogP contribution < -0.4 is 5.32 Å². The highest BCUT2D eigenvalue weighted by molar-refractivity contribution is 7.79. The number of rotatable bonds is 5. The van der Waals surface area contributed by atoms with Crippen LogP contribution >= 0.6 is 0 Å². The smallest absolute Gasteiger partial charge is 0.394 e. The molecule has 1 atom stereocenters. The molecule has 0 radical (unpaired) electrons. The highest BCUT2D eigenvalue weighted by atomic mass is 32.3. The molecular formula is C6H13NO8S. The zero-order chi connectivity index (χ0) is 13.4. The summed E-state index contributed by atoms with van der Waals surface area (Å²) in [5.74, 6) is -2.00. The van der Waals surface area contributed by atoms with Crippen LogP contribution in [-0.4, -0.2) is 52.8 Å². The molecule has 0 aliphatic rings. The first-order chi connectivity index (χ1) is 7.07. The number of likely N-dealkylation sites (N-methyl/N-ethyl adjacent to an activating group) is 1. The molecule has 0 spiro atoms. The second kappa shape index (κ2) is 7.98. The highest BCUT2D eigenvalue weighted by Gasteiger charge is 2.15. The van der Waals surface area contributed by atoms with Gasteiger partial charge in [0.1, 0.15) is 6.04 Å². The monoisotopic (exact) mass is 259 g/mol. The van der Waals surface area contributed by atoms with Crippen molar-refractivity contribution >= 4 is 22.3 Å². The molecule has 0 rings (SSSR count). The van der Waals surface area contributed by atoms with Gasteiger partial charge in [0.15, 0.2) is 0 Å². The maximum Gasteiger partial charge on any atom is 0.394 e. The fourth-order valence-electron chi connectivity index (χ4n) is 0.659. The van der Waals surface area contributed by atoms with Crippen molar-refractivity contribution in [2.45, 2.75) is 18.9 Å². The first-order valence-electron chi connectivity index (χ1n) is 3.89. The van der Waals surface area contributed by atoms with Crippen LogP contribution in [0.2, 0.25) is 0 Å². The summed E-state index contributed by atoms with van der Waals surface area (Å²) in [6, 6.07) is -0.758. The fraction of sp³-hybridized carbons (Fsp3) is 0.667. The molecule has 0 saturated carbocycles. The van der Waals surface area contributed by atoms with Gasteiger partial charge in [-0.1, -0.05) is 0 Å². The van der Waals surface area contributed by atoms with Gasteiger partial charge in [-0.05, 0) is 13.5 Å². The maximum atomic E-state index is 10.3. The number of aliphatic carboxylic acids is 2. The number of hydrogen-bond donors (Lipinski definition) is 5. The largest absolute Gasteiger partial charge is 0.481 e. The quantitative estimate of drug-likeness (QED) is 0.384. The zero-order valence-corrected chi connectivity index (χ0v) is 9.14. The van der Waals surface area contributed by atoms with E-state index >= 15 is 0 Å². The van der Waals surface area contributed by atoms with Crippen LogP contribution in [0.3, 0.4) is 0 Å². The molecule has 0 saturated heterocycles. The van der Waals surface area contributed by atoms with E-state index in [4.69, 9.17) is 27.7 Å². The summed E-state index contributed by atoms with van der Waals surface area (Å²) in [4.78, 5) is 20.3. The molecule has 0 bridgehead atoms. The molecule has 0 amide bonds. The number of carbonyl (C=O) groups is 2. The molecule has 9 nitrogen and oxygen atoms in total. The Balaban J connectivity index is 0. The molecule has 96 valence electrons. The van der Waals surface area contributed by atoms with E-state index in [1.165, 1.54) is 7.05 Å². The molecular weight excluding hydrogens is 246 g/mol. The number of hydrogen-bond acceptors (Lipinski definition) is 5. The van der Waals surface area contributed by atoms with Crippen molar-refractivity contribution in [1.29, 1.82) is 0 Å². The molecule has 5 N–H and O–H groups in total. The van der Waals surface area contributed by atoms with Crippen molar-refractivity contribution in [3.05, 3.63) is 0 Å². The summed E-state index contributed by atoms with van der Waals surface area (Å²) in [5.41, 5.74) is 0. The Hall–Kier alpha value is -1.23. The van der Waals surface area contributed by atoms with Gasteiger partial charge < -0.3 is 15.5 Å². The van der Waals surface area contributed by atoms with E-state index < -0.39 is 28.4 Å². The van der Waals surface area contributed by atoms with Gasteiger partial charge in [0.05, 0.1) is 0 Å². The third-order valence-electron chi connectivity index (χ3n) is 1.29. The molecule has 0 aromatic rings. The van der Waals surface area contributed by atoms with Crippen molar-refractivity contribution in [2.24, 2.45) is 0 Å². The molecule has 0 heterocycles. The topological polar surface area (TPSA) is 161 Å². The predicted molar refractivity (Wildman–Crippen MR) is 51.5 cm³/mol. The van der Waals surface area contributed by atoms with E-state index in [0.29, 0.717) is 0 Å². The minimum Gasteiger partial charge on any atom is -0.481 e. The summed E-state index contributed by atoms with van der Waals surface area (Å²) in [7, 11) is -3.18. The summed E-state index contributed by atoms with van der Waals surface area (Å²) >= 11 is 0. The van der Waals surface area contributed by atoms with Crippen LogP contribution in [0.5, 0.6) is 0 Å². The van der Waals surface area contributed by atoms with Crippen molar-refractivity contribution < 1.29 is 37.3 Å². The van der Waals surface area contributed by atoms with Gasteiger partial charge in [-0.15, -0.1) is 0 Å². The minimum atomic E-state index is -4.67. The second-order valence-corrected chi connectivity index (χ2v) is 3.46. The van der Waals surface area contributed by atoms with Crippen molar-refractivity contribution in [3.8, 4) is 0 Å². The minimum absolute atomic E-state index is 0.112. The average Bonchev–Trinajstić information content (AvgIpc) is 2.00. The summed E-state index contributed by atoms with van der Waals surface area (Å²) in [6.45, 7) is 0. The van der Waals surface area contributed by atoms with Gasteiger partial charge in [0, 0.05) is 6.42 Å². The number of nitrogens with one attached hydrogen (secondary N) is 1. The predicted octanol–water partition coefficient (Wildman–Crippen LogP) is -1.13. The van der Waals surface area contributed by atoms with Crippen molar-refractivity contribution in [2.75, 3.05) is 7.05 Å². The first kappa shape index (κ1) is 17.2. The maximum absolute atomic E-state index is 10.3. The third-order valence-corrected chi connectivity index (χ3v) is 1.29. The molecule has 0 aromatic carbocycles. The van der Waals surface area contributed by atoms with Crippen molar-refractivity contribution in [1.82, 2.24) is 5.32 Å². The van der Waals surface area contributed by atoms with Crippen LogP contribution in [0, 0.1) is 0 Å². The average molecular weight is 259 g/mol. The molecule has 0 aliphatic heterocycles. The van der Waals surface area contributed by atoms with E-state index in [9.17, 15) is 9.59 Å². The highest BCUT2D eigenvalue weighted by Crippen LogP contribution is 1.96. The van der Waals surface area contributed by atoms with E-state index in [1.807, 2.05) is 0 Å².